The van der Waals surface area contributed by atoms with Crippen molar-refractivity contribution < 1.29 is 14.3 Å². The first-order valence-corrected chi connectivity index (χ1v) is 8.61. The van der Waals surface area contributed by atoms with Gasteiger partial charge in [-0.05, 0) is 19.9 Å². The molecule has 1 aliphatic heterocycles. The molecule has 2 aromatic rings. The van der Waals surface area contributed by atoms with Crippen molar-refractivity contribution >= 4 is 11.7 Å². The molecule has 0 bridgehead atoms. The lowest BCUT2D eigenvalue weighted by Crippen LogP contribution is -2.50. The molecule has 1 saturated heterocycles. The molecular formula is C19H23N3O3. The van der Waals surface area contributed by atoms with Crippen LogP contribution in [-0.4, -0.2) is 52.2 Å². The number of Topliss-reactive ketones (excluding diaryl/α,β-unsaturated/α-hetero) is 1. The molecule has 1 aliphatic rings. The second-order valence-electron chi connectivity index (χ2n) is 6.21. The summed E-state index contributed by atoms with van der Waals surface area (Å²) in [6.07, 6.45) is 0.259. The third-order valence-corrected chi connectivity index (χ3v) is 4.43. The first-order chi connectivity index (χ1) is 12.1. The monoisotopic (exact) mass is 341 g/mol. The topological polar surface area (TPSA) is 64.4 Å². The Balaban J connectivity index is 1.78. The Morgan fingerprint density at radius 2 is 2.04 bits per heavy atom. The van der Waals surface area contributed by atoms with Crippen LogP contribution in [0.5, 0.6) is 0 Å². The van der Waals surface area contributed by atoms with Crippen molar-refractivity contribution in [2.45, 2.75) is 32.9 Å². The molecule has 0 unspecified atom stereocenters. The van der Waals surface area contributed by atoms with Gasteiger partial charge >= 0.3 is 0 Å². The summed E-state index contributed by atoms with van der Waals surface area (Å²) in [6, 6.07) is 10.7. The molecule has 6 heteroatoms. The van der Waals surface area contributed by atoms with Crippen molar-refractivity contribution in [3.8, 4) is 0 Å². The van der Waals surface area contributed by atoms with E-state index in [9.17, 15) is 9.59 Å². The molecule has 1 amide bonds. The molecule has 0 spiro atoms. The number of carbonyl (C=O) groups excluding carboxylic acids is 2. The molecule has 2 heterocycles. The molecule has 1 aromatic carbocycles. The van der Waals surface area contributed by atoms with Gasteiger partial charge in [0.15, 0.2) is 5.78 Å². The quantitative estimate of drug-likeness (QED) is 0.783. The smallest absolute Gasteiger partial charge is 0.272 e. The van der Waals surface area contributed by atoms with E-state index in [1.165, 1.54) is 0 Å². The van der Waals surface area contributed by atoms with Gasteiger partial charge < -0.3 is 9.64 Å². The van der Waals surface area contributed by atoms with Gasteiger partial charge in [-0.3, -0.25) is 14.3 Å². The molecule has 0 saturated carbocycles. The van der Waals surface area contributed by atoms with Crippen molar-refractivity contribution in [2.75, 3.05) is 19.8 Å². The Bertz CT molecular complexity index is 755. The predicted octanol–water partition coefficient (Wildman–Crippen LogP) is 2.33. The summed E-state index contributed by atoms with van der Waals surface area (Å²) >= 11 is 0. The zero-order valence-corrected chi connectivity index (χ0v) is 14.6. The SMILES string of the molecule is CCn1nc(C)cc1C(=O)N1CCOC[C@@H]1CC(=O)c1ccccc1. The maximum Gasteiger partial charge on any atom is 0.272 e. The fourth-order valence-corrected chi connectivity index (χ4v) is 3.15. The summed E-state index contributed by atoms with van der Waals surface area (Å²) in [5.74, 6) is -0.0642. The van der Waals surface area contributed by atoms with Gasteiger partial charge in [-0.2, -0.15) is 5.10 Å². The second kappa shape index (κ2) is 7.61. The van der Waals surface area contributed by atoms with Crippen LogP contribution in [0.25, 0.3) is 0 Å². The largest absolute Gasteiger partial charge is 0.377 e. The Morgan fingerprint density at radius 3 is 2.76 bits per heavy atom. The second-order valence-corrected chi connectivity index (χ2v) is 6.21. The number of nitrogens with zero attached hydrogens (tertiary/aromatic N) is 3. The van der Waals surface area contributed by atoms with E-state index in [1.807, 2.05) is 32.0 Å². The van der Waals surface area contributed by atoms with E-state index >= 15 is 0 Å². The van der Waals surface area contributed by atoms with Crippen LogP contribution >= 0.6 is 0 Å². The molecule has 0 aliphatic carbocycles. The van der Waals surface area contributed by atoms with Crippen molar-refractivity contribution in [3.63, 3.8) is 0 Å². The number of carbonyl (C=O) groups is 2. The zero-order chi connectivity index (χ0) is 17.8. The molecular weight excluding hydrogens is 318 g/mol. The summed E-state index contributed by atoms with van der Waals surface area (Å²) in [4.78, 5) is 27.3. The van der Waals surface area contributed by atoms with Gasteiger partial charge in [0.2, 0.25) is 0 Å². The van der Waals surface area contributed by atoms with E-state index in [4.69, 9.17) is 4.74 Å². The van der Waals surface area contributed by atoms with E-state index in [0.29, 0.717) is 37.6 Å². The molecule has 1 fully saturated rings. The number of ketones is 1. The average Bonchev–Trinajstić information content (AvgIpc) is 3.03. The predicted molar refractivity (Wildman–Crippen MR) is 93.7 cm³/mol. The maximum atomic E-state index is 13.0. The summed E-state index contributed by atoms with van der Waals surface area (Å²) in [6.45, 7) is 5.81. The van der Waals surface area contributed by atoms with Gasteiger partial charge in [-0.25, -0.2) is 0 Å². The van der Waals surface area contributed by atoms with Crippen LogP contribution in [0.4, 0.5) is 0 Å². The highest BCUT2D eigenvalue weighted by atomic mass is 16.5. The highest BCUT2D eigenvalue weighted by molar-refractivity contribution is 5.97. The Labute approximate surface area is 147 Å². The normalized spacial score (nSPS) is 17.5. The van der Waals surface area contributed by atoms with Crippen molar-refractivity contribution in [2.24, 2.45) is 0 Å². The van der Waals surface area contributed by atoms with Gasteiger partial charge in [0.05, 0.1) is 24.9 Å². The molecule has 25 heavy (non-hydrogen) atoms. The number of hydrogen-bond acceptors (Lipinski definition) is 4. The first kappa shape index (κ1) is 17.4. The summed E-state index contributed by atoms with van der Waals surface area (Å²) < 4.78 is 7.24. The van der Waals surface area contributed by atoms with Crippen LogP contribution in [0.3, 0.4) is 0 Å². The average molecular weight is 341 g/mol. The van der Waals surface area contributed by atoms with Crippen LogP contribution in [0.1, 0.15) is 39.9 Å². The lowest BCUT2D eigenvalue weighted by molar-refractivity contribution is -0.00340. The van der Waals surface area contributed by atoms with Crippen molar-refractivity contribution in [1.82, 2.24) is 14.7 Å². The highest BCUT2D eigenvalue weighted by Crippen LogP contribution is 2.18. The Kier molecular flexibility index (Phi) is 5.28. The van der Waals surface area contributed by atoms with E-state index in [1.54, 1.807) is 27.8 Å². The van der Waals surface area contributed by atoms with E-state index in [2.05, 4.69) is 5.10 Å². The van der Waals surface area contributed by atoms with Gasteiger partial charge in [0.1, 0.15) is 5.69 Å². The Hall–Kier alpha value is -2.47. The summed E-state index contributed by atoms with van der Waals surface area (Å²) in [5.41, 5.74) is 2.05. The van der Waals surface area contributed by atoms with Crippen LogP contribution < -0.4 is 0 Å². The third kappa shape index (κ3) is 3.79. The van der Waals surface area contributed by atoms with E-state index in [-0.39, 0.29) is 24.2 Å². The van der Waals surface area contributed by atoms with Crippen molar-refractivity contribution in [3.05, 3.63) is 53.3 Å². The molecule has 132 valence electrons. The standard InChI is InChI=1S/C19H23N3O3/c1-3-22-17(11-14(2)20-22)19(24)21-9-10-25-13-16(21)12-18(23)15-7-5-4-6-8-15/h4-8,11,16H,3,9-10,12-13H2,1-2H3/t16-/m0/s1. The molecule has 0 N–H and O–H groups in total. The number of benzene rings is 1. The lowest BCUT2D eigenvalue weighted by Gasteiger charge is -2.35. The molecule has 6 nitrogen and oxygen atoms in total. The summed E-state index contributed by atoms with van der Waals surface area (Å²) in [5, 5.41) is 4.35. The maximum absolute atomic E-state index is 13.0. The minimum Gasteiger partial charge on any atom is -0.377 e. The zero-order valence-electron chi connectivity index (χ0n) is 14.6. The third-order valence-electron chi connectivity index (χ3n) is 4.43. The van der Waals surface area contributed by atoms with Crippen LogP contribution in [0.2, 0.25) is 0 Å². The number of hydrogen-bond donors (Lipinski definition) is 0. The van der Waals surface area contributed by atoms with Gasteiger partial charge in [0.25, 0.3) is 5.91 Å². The van der Waals surface area contributed by atoms with Gasteiger partial charge in [-0.15, -0.1) is 0 Å². The number of rotatable bonds is 5. The summed E-state index contributed by atoms with van der Waals surface area (Å²) in [7, 11) is 0. The van der Waals surface area contributed by atoms with Crippen molar-refractivity contribution in [1.29, 1.82) is 0 Å². The van der Waals surface area contributed by atoms with E-state index in [0.717, 1.165) is 5.69 Å². The number of morpholine rings is 1. The molecule has 0 radical (unpaired) electrons. The van der Waals surface area contributed by atoms with Crippen LogP contribution in [0.15, 0.2) is 36.4 Å². The minimum atomic E-state index is -0.255. The Morgan fingerprint density at radius 1 is 1.28 bits per heavy atom. The first-order valence-electron chi connectivity index (χ1n) is 8.61. The van der Waals surface area contributed by atoms with Crippen LogP contribution in [-0.2, 0) is 11.3 Å². The minimum absolute atomic E-state index is 0.0223. The van der Waals surface area contributed by atoms with Gasteiger partial charge in [0, 0.05) is 25.1 Å². The lowest BCUT2D eigenvalue weighted by atomic mass is 10.0. The number of aromatic nitrogens is 2. The van der Waals surface area contributed by atoms with Gasteiger partial charge in [-0.1, -0.05) is 30.3 Å². The molecule has 3 rings (SSSR count). The highest BCUT2D eigenvalue weighted by Gasteiger charge is 2.31. The number of ether oxygens (including phenoxy) is 1. The van der Waals surface area contributed by atoms with Crippen LogP contribution in [0, 0.1) is 6.92 Å². The fourth-order valence-electron chi connectivity index (χ4n) is 3.15. The fraction of sp³-hybridized carbons (Fsp3) is 0.421. The van der Waals surface area contributed by atoms with E-state index < -0.39 is 0 Å². The molecule has 1 atom stereocenters. The number of amides is 1. The number of aryl methyl sites for hydroxylation is 2. The molecule has 1 aromatic heterocycles.